The first-order valence-electron chi connectivity index (χ1n) is 6.21. The van der Waals surface area contributed by atoms with E-state index >= 15 is 0 Å². The van der Waals surface area contributed by atoms with Crippen molar-refractivity contribution in [3.8, 4) is 6.07 Å². The van der Waals surface area contributed by atoms with Gasteiger partial charge in [0.1, 0.15) is 18.1 Å². The molecule has 3 rings (SSSR count). The summed E-state index contributed by atoms with van der Waals surface area (Å²) in [5, 5.41) is 23.5. The molecule has 0 saturated heterocycles. The van der Waals surface area contributed by atoms with Crippen LogP contribution in [-0.4, -0.2) is 22.7 Å². The second kappa shape index (κ2) is 5.11. The summed E-state index contributed by atoms with van der Waals surface area (Å²) in [6.45, 7) is 0. The lowest BCUT2D eigenvalue weighted by molar-refractivity contribution is -0.118. The first kappa shape index (κ1) is 13.5. The molecule has 6 heteroatoms. The van der Waals surface area contributed by atoms with Crippen LogP contribution in [0.15, 0.2) is 41.0 Å². The number of nitrogens with one attached hydrogen (secondary N) is 1. The Hall–Kier alpha value is -2.52. The molecule has 5 nitrogen and oxygen atoms in total. The highest BCUT2D eigenvalue weighted by molar-refractivity contribution is 8.03. The third kappa shape index (κ3) is 2.12. The number of benzene rings is 1. The molecule has 0 fully saturated rings. The summed E-state index contributed by atoms with van der Waals surface area (Å²) >= 11 is 1.39. The Labute approximate surface area is 125 Å². The molecule has 2 aliphatic heterocycles. The summed E-state index contributed by atoms with van der Waals surface area (Å²) in [6, 6.07) is 8.69. The second-order valence-corrected chi connectivity index (χ2v) is 5.71. The van der Waals surface area contributed by atoms with E-state index in [1.807, 2.05) is 5.41 Å². The lowest BCUT2D eigenvalue weighted by Gasteiger charge is -2.27. The fourth-order valence-corrected chi connectivity index (χ4v) is 3.64. The van der Waals surface area contributed by atoms with E-state index in [9.17, 15) is 14.7 Å². The smallest absolute Gasteiger partial charge is 0.266 e. The number of amides is 1. The summed E-state index contributed by atoms with van der Waals surface area (Å²) in [5.41, 5.74) is 2.00. The molecule has 2 atom stereocenters. The number of aldehydes is 1. The van der Waals surface area contributed by atoms with Gasteiger partial charge in [-0.2, -0.15) is 5.26 Å². The van der Waals surface area contributed by atoms with Gasteiger partial charge in [0.05, 0.1) is 11.3 Å². The van der Waals surface area contributed by atoms with Crippen molar-refractivity contribution in [1.82, 2.24) is 5.32 Å². The Bertz CT molecular complexity index is 728. The number of aliphatic hydroxyl groups is 1. The van der Waals surface area contributed by atoms with Gasteiger partial charge in [-0.05, 0) is 16.5 Å². The molecule has 0 bridgehead atoms. The van der Waals surface area contributed by atoms with Gasteiger partial charge in [-0.1, -0.05) is 24.3 Å². The normalized spacial score (nSPS) is 24.0. The maximum absolute atomic E-state index is 11.7. The molecule has 21 heavy (non-hydrogen) atoms. The Kier molecular flexibility index (Phi) is 3.28. The summed E-state index contributed by atoms with van der Waals surface area (Å²) in [6.07, 6.45) is 0.760. The third-order valence-electron chi connectivity index (χ3n) is 3.52. The van der Waals surface area contributed by atoms with Crippen molar-refractivity contribution in [3.05, 3.63) is 52.1 Å². The molecule has 0 spiro atoms. The number of thioether (sulfide) groups is 1. The van der Waals surface area contributed by atoms with Crippen molar-refractivity contribution in [3.63, 3.8) is 0 Å². The molecule has 0 aliphatic carbocycles. The molecule has 2 N–H and O–H groups in total. The van der Waals surface area contributed by atoms with Crippen molar-refractivity contribution < 1.29 is 14.7 Å². The topological polar surface area (TPSA) is 90.2 Å². The number of aliphatic hydroxyl groups excluding tert-OH is 1. The molecule has 0 saturated carbocycles. The lowest BCUT2D eigenvalue weighted by Crippen LogP contribution is -2.43. The summed E-state index contributed by atoms with van der Waals surface area (Å²) in [5.74, 6) is -1.18. The molecule has 2 unspecified atom stereocenters. The monoisotopic (exact) mass is 298 g/mol. The average molecular weight is 298 g/mol. The van der Waals surface area contributed by atoms with Gasteiger partial charge in [-0.25, -0.2) is 0 Å². The van der Waals surface area contributed by atoms with Gasteiger partial charge in [0.2, 0.25) is 0 Å². The maximum Gasteiger partial charge on any atom is 0.266 e. The van der Waals surface area contributed by atoms with Gasteiger partial charge in [0, 0.05) is 5.56 Å². The zero-order valence-electron chi connectivity index (χ0n) is 10.7. The zero-order valence-corrected chi connectivity index (χ0v) is 11.6. The van der Waals surface area contributed by atoms with E-state index in [0.717, 1.165) is 17.4 Å². The molecule has 1 aromatic rings. The number of hydrogen-bond acceptors (Lipinski definition) is 5. The van der Waals surface area contributed by atoms with Crippen LogP contribution in [-0.2, 0) is 4.79 Å². The highest BCUT2D eigenvalue weighted by Gasteiger charge is 2.42. The van der Waals surface area contributed by atoms with Crippen LogP contribution in [0.2, 0.25) is 0 Å². The molecule has 1 amide bonds. The minimum absolute atomic E-state index is 0.193. The van der Waals surface area contributed by atoms with Crippen LogP contribution in [0, 0.1) is 17.2 Å². The standard InChI is InChI=1S/C15H10N2O3S/c16-5-10-13(19)12-11(7-21-15(12)17-14(10)20)9-3-1-8(6-18)2-4-9/h1-4,6-7,12,15,19H,(H,17,20). The van der Waals surface area contributed by atoms with Crippen molar-refractivity contribution in [2.24, 2.45) is 5.92 Å². The van der Waals surface area contributed by atoms with Crippen LogP contribution in [0.3, 0.4) is 0 Å². The molecular formula is C15H10N2O3S. The third-order valence-corrected chi connectivity index (χ3v) is 4.60. The Morgan fingerprint density at radius 2 is 2.05 bits per heavy atom. The predicted molar refractivity (Wildman–Crippen MR) is 78.1 cm³/mol. The number of rotatable bonds is 2. The van der Waals surface area contributed by atoms with Crippen molar-refractivity contribution >= 4 is 29.5 Å². The van der Waals surface area contributed by atoms with Crippen molar-refractivity contribution in [2.75, 3.05) is 0 Å². The molecule has 2 aliphatic rings. The highest BCUT2D eigenvalue weighted by atomic mass is 32.2. The van der Waals surface area contributed by atoms with Gasteiger partial charge < -0.3 is 10.4 Å². The van der Waals surface area contributed by atoms with Crippen LogP contribution in [0.25, 0.3) is 5.57 Å². The lowest BCUT2D eigenvalue weighted by atomic mass is 9.87. The molecular weight excluding hydrogens is 288 g/mol. The van der Waals surface area contributed by atoms with Gasteiger partial charge in [-0.3, -0.25) is 9.59 Å². The van der Waals surface area contributed by atoms with Gasteiger partial charge in [-0.15, -0.1) is 11.8 Å². The second-order valence-electron chi connectivity index (χ2n) is 4.69. The van der Waals surface area contributed by atoms with Gasteiger partial charge in [0.25, 0.3) is 5.91 Å². The minimum atomic E-state index is -0.547. The number of hydrogen-bond donors (Lipinski definition) is 2. The molecule has 0 radical (unpaired) electrons. The zero-order chi connectivity index (χ0) is 15.0. The van der Waals surface area contributed by atoms with E-state index in [4.69, 9.17) is 5.26 Å². The molecule has 1 aromatic carbocycles. The fraction of sp³-hybridized carbons (Fsp3) is 0.133. The molecule has 2 heterocycles. The summed E-state index contributed by atoms with van der Waals surface area (Å²) < 4.78 is 0. The number of nitriles is 1. The molecule has 0 aromatic heterocycles. The summed E-state index contributed by atoms with van der Waals surface area (Å²) in [4.78, 5) is 22.4. The largest absolute Gasteiger partial charge is 0.510 e. The number of carbonyl (C=O) groups is 2. The highest BCUT2D eigenvalue weighted by Crippen LogP contribution is 2.45. The maximum atomic E-state index is 11.7. The Morgan fingerprint density at radius 3 is 2.67 bits per heavy atom. The predicted octanol–water partition coefficient (Wildman–Crippen LogP) is 1.99. The number of carbonyl (C=O) groups excluding carboxylic acids is 2. The number of fused-ring (bicyclic) bond motifs is 1. The SMILES string of the molecule is N#CC1=C(O)C2C(c3ccc(C=O)cc3)=CSC2NC1=O. The van der Waals surface area contributed by atoms with Gasteiger partial charge in [0.15, 0.2) is 5.57 Å². The van der Waals surface area contributed by atoms with Crippen molar-refractivity contribution in [1.29, 1.82) is 5.26 Å². The van der Waals surface area contributed by atoms with Crippen LogP contribution >= 0.6 is 11.8 Å². The average Bonchev–Trinajstić information content (AvgIpc) is 2.91. The Morgan fingerprint density at radius 1 is 1.33 bits per heavy atom. The van der Waals surface area contributed by atoms with E-state index in [-0.39, 0.29) is 16.7 Å². The first-order chi connectivity index (χ1) is 10.2. The quantitative estimate of drug-likeness (QED) is 0.815. The van der Waals surface area contributed by atoms with Crippen LogP contribution in [0.4, 0.5) is 0 Å². The van der Waals surface area contributed by atoms with Crippen LogP contribution in [0.1, 0.15) is 15.9 Å². The van der Waals surface area contributed by atoms with Crippen LogP contribution < -0.4 is 5.32 Å². The van der Waals surface area contributed by atoms with E-state index < -0.39 is 11.8 Å². The van der Waals surface area contributed by atoms with E-state index in [0.29, 0.717) is 5.56 Å². The van der Waals surface area contributed by atoms with Crippen LogP contribution in [0.5, 0.6) is 0 Å². The Balaban J connectivity index is 2.01. The van der Waals surface area contributed by atoms with Crippen molar-refractivity contribution in [2.45, 2.75) is 5.37 Å². The number of nitrogens with zero attached hydrogens (tertiary/aromatic N) is 1. The van der Waals surface area contributed by atoms with E-state index in [2.05, 4.69) is 5.32 Å². The minimum Gasteiger partial charge on any atom is -0.510 e. The van der Waals surface area contributed by atoms with E-state index in [1.165, 1.54) is 11.8 Å². The first-order valence-corrected chi connectivity index (χ1v) is 7.15. The summed E-state index contributed by atoms with van der Waals surface area (Å²) in [7, 11) is 0. The fourth-order valence-electron chi connectivity index (χ4n) is 2.45. The van der Waals surface area contributed by atoms with Gasteiger partial charge >= 0.3 is 0 Å². The molecule has 104 valence electrons. The van der Waals surface area contributed by atoms with E-state index in [1.54, 1.807) is 30.3 Å².